The van der Waals surface area contributed by atoms with Crippen molar-refractivity contribution >= 4 is 11.8 Å². The van der Waals surface area contributed by atoms with Crippen molar-refractivity contribution in [1.82, 2.24) is 19.8 Å². The average Bonchev–Trinajstić information content (AvgIpc) is 2.82. The van der Waals surface area contributed by atoms with E-state index in [2.05, 4.69) is 9.97 Å². The standard InChI is InChI=1S/C23H30N4O4/c1-17(21-8-12-24-16-25-21)26(2)23(29)18-4-6-19(7-5-18)31-20-9-13-27(14-10-20)22(28)11-15-30-3/h4-8,12,16-17,20H,9-11,13-15H2,1-3H3/t17-/m1/s1. The van der Waals surface area contributed by atoms with Crippen molar-refractivity contribution in [1.29, 1.82) is 0 Å². The van der Waals surface area contributed by atoms with E-state index in [4.69, 9.17) is 9.47 Å². The average molecular weight is 427 g/mol. The van der Waals surface area contributed by atoms with E-state index >= 15 is 0 Å². The van der Waals surface area contributed by atoms with Gasteiger partial charge in [-0.2, -0.15) is 0 Å². The number of benzene rings is 1. The third-order valence-corrected chi connectivity index (χ3v) is 5.65. The van der Waals surface area contributed by atoms with E-state index in [1.165, 1.54) is 6.33 Å². The van der Waals surface area contributed by atoms with E-state index in [0.717, 1.165) is 24.3 Å². The Morgan fingerprint density at radius 3 is 2.52 bits per heavy atom. The summed E-state index contributed by atoms with van der Waals surface area (Å²) in [6.45, 7) is 3.77. The van der Waals surface area contributed by atoms with Crippen LogP contribution in [0.5, 0.6) is 5.75 Å². The van der Waals surface area contributed by atoms with E-state index in [-0.39, 0.29) is 24.0 Å². The highest BCUT2D eigenvalue weighted by Gasteiger charge is 2.24. The third-order valence-electron chi connectivity index (χ3n) is 5.65. The molecule has 1 aliphatic heterocycles. The van der Waals surface area contributed by atoms with Crippen molar-refractivity contribution in [2.75, 3.05) is 33.9 Å². The first-order chi connectivity index (χ1) is 15.0. The fourth-order valence-corrected chi connectivity index (χ4v) is 3.57. The number of methoxy groups -OCH3 is 1. The lowest BCUT2D eigenvalue weighted by atomic mass is 10.1. The van der Waals surface area contributed by atoms with Gasteiger partial charge in [-0.1, -0.05) is 0 Å². The van der Waals surface area contributed by atoms with Crippen LogP contribution < -0.4 is 4.74 Å². The summed E-state index contributed by atoms with van der Waals surface area (Å²) in [6, 6.07) is 8.86. The van der Waals surface area contributed by atoms with Crippen molar-refractivity contribution in [2.45, 2.75) is 38.3 Å². The summed E-state index contributed by atoms with van der Waals surface area (Å²) in [4.78, 5) is 36.6. The monoisotopic (exact) mass is 426 g/mol. The van der Waals surface area contributed by atoms with E-state index in [0.29, 0.717) is 31.7 Å². The highest BCUT2D eigenvalue weighted by molar-refractivity contribution is 5.94. The van der Waals surface area contributed by atoms with Gasteiger partial charge in [0.15, 0.2) is 0 Å². The summed E-state index contributed by atoms with van der Waals surface area (Å²) in [5, 5.41) is 0. The SMILES string of the molecule is COCCC(=O)N1CCC(Oc2ccc(C(=O)N(C)[C@H](C)c3ccncn3)cc2)CC1. The molecule has 1 aromatic heterocycles. The topological polar surface area (TPSA) is 84.9 Å². The number of aromatic nitrogens is 2. The van der Waals surface area contributed by atoms with Crippen LogP contribution in [0.4, 0.5) is 0 Å². The molecule has 0 bridgehead atoms. The van der Waals surface area contributed by atoms with Crippen LogP contribution in [-0.4, -0.2) is 71.5 Å². The Kier molecular flexibility index (Phi) is 7.94. The number of piperidine rings is 1. The van der Waals surface area contributed by atoms with Crippen LogP contribution in [-0.2, 0) is 9.53 Å². The molecule has 1 aromatic carbocycles. The molecule has 0 unspecified atom stereocenters. The molecule has 8 nitrogen and oxygen atoms in total. The van der Waals surface area contributed by atoms with Gasteiger partial charge in [0.05, 0.1) is 24.8 Å². The van der Waals surface area contributed by atoms with Crippen LogP contribution in [0, 0.1) is 0 Å². The second-order valence-electron chi connectivity index (χ2n) is 7.69. The molecule has 0 saturated carbocycles. The molecule has 3 rings (SSSR count). The minimum Gasteiger partial charge on any atom is -0.490 e. The minimum atomic E-state index is -0.164. The van der Waals surface area contributed by atoms with Crippen molar-refractivity contribution < 1.29 is 19.1 Å². The van der Waals surface area contributed by atoms with Gasteiger partial charge in [-0.25, -0.2) is 9.97 Å². The summed E-state index contributed by atoms with van der Waals surface area (Å²) in [6.07, 6.45) is 5.21. The Morgan fingerprint density at radius 1 is 1.19 bits per heavy atom. The molecule has 8 heteroatoms. The molecule has 31 heavy (non-hydrogen) atoms. The normalized spacial score (nSPS) is 15.4. The van der Waals surface area contributed by atoms with Crippen LogP contribution in [0.3, 0.4) is 0 Å². The highest BCUT2D eigenvalue weighted by Crippen LogP contribution is 2.22. The van der Waals surface area contributed by atoms with Crippen LogP contribution in [0.25, 0.3) is 0 Å². The number of amides is 2. The minimum absolute atomic E-state index is 0.0634. The highest BCUT2D eigenvalue weighted by atomic mass is 16.5. The molecule has 0 N–H and O–H groups in total. The van der Waals surface area contributed by atoms with E-state index in [9.17, 15) is 9.59 Å². The molecular weight excluding hydrogens is 396 g/mol. The summed E-state index contributed by atoms with van der Waals surface area (Å²) in [5.74, 6) is 0.774. The van der Waals surface area contributed by atoms with E-state index < -0.39 is 0 Å². The molecule has 2 aromatic rings. The first-order valence-corrected chi connectivity index (χ1v) is 10.6. The van der Waals surface area contributed by atoms with Gasteiger partial charge < -0.3 is 19.3 Å². The maximum Gasteiger partial charge on any atom is 0.254 e. The number of carbonyl (C=O) groups excluding carboxylic acids is 2. The van der Waals surface area contributed by atoms with Crippen LogP contribution in [0.15, 0.2) is 42.9 Å². The maximum atomic E-state index is 12.8. The molecule has 2 amide bonds. The van der Waals surface area contributed by atoms with Crippen LogP contribution in [0.1, 0.15) is 48.3 Å². The second-order valence-corrected chi connectivity index (χ2v) is 7.69. The predicted molar refractivity (Wildman–Crippen MR) is 116 cm³/mol. The summed E-state index contributed by atoms with van der Waals surface area (Å²) in [5.41, 5.74) is 1.38. The van der Waals surface area contributed by atoms with Gasteiger partial charge in [0, 0.05) is 51.8 Å². The first-order valence-electron chi connectivity index (χ1n) is 10.6. The number of hydrogen-bond donors (Lipinski definition) is 0. The van der Waals surface area contributed by atoms with Gasteiger partial charge in [0.2, 0.25) is 5.91 Å². The zero-order chi connectivity index (χ0) is 22.2. The zero-order valence-corrected chi connectivity index (χ0v) is 18.4. The molecular formula is C23H30N4O4. The van der Waals surface area contributed by atoms with Crippen molar-refractivity contribution in [3.8, 4) is 5.75 Å². The van der Waals surface area contributed by atoms with Crippen molar-refractivity contribution in [3.63, 3.8) is 0 Å². The number of ether oxygens (including phenoxy) is 2. The quantitative estimate of drug-likeness (QED) is 0.645. The lowest BCUT2D eigenvalue weighted by Gasteiger charge is -2.32. The molecule has 1 fully saturated rings. The fourth-order valence-electron chi connectivity index (χ4n) is 3.57. The van der Waals surface area contributed by atoms with E-state index in [1.807, 2.05) is 30.0 Å². The molecule has 166 valence electrons. The molecule has 1 atom stereocenters. The number of carbonyl (C=O) groups is 2. The summed E-state index contributed by atoms with van der Waals surface area (Å²) < 4.78 is 11.0. The number of rotatable bonds is 8. The summed E-state index contributed by atoms with van der Waals surface area (Å²) >= 11 is 0. The second kappa shape index (κ2) is 10.9. The predicted octanol–water partition coefficient (Wildman–Crippen LogP) is 2.72. The van der Waals surface area contributed by atoms with Gasteiger partial charge in [0.1, 0.15) is 18.2 Å². The Bertz CT molecular complexity index is 852. The van der Waals surface area contributed by atoms with Gasteiger partial charge in [0.25, 0.3) is 5.91 Å². The number of likely N-dealkylation sites (tertiary alicyclic amines) is 1. The van der Waals surface area contributed by atoms with Gasteiger partial charge >= 0.3 is 0 Å². The van der Waals surface area contributed by atoms with Gasteiger partial charge in [-0.05, 0) is 37.3 Å². The zero-order valence-electron chi connectivity index (χ0n) is 18.4. The van der Waals surface area contributed by atoms with Crippen molar-refractivity contribution in [3.05, 3.63) is 54.1 Å². The molecule has 0 aliphatic carbocycles. The largest absolute Gasteiger partial charge is 0.490 e. The van der Waals surface area contributed by atoms with E-state index in [1.54, 1.807) is 37.4 Å². The third kappa shape index (κ3) is 6.01. The van der Waals surface area contributed by atoms with Gasteiger partial charge in [-0.15, -0.1) is 0 Å². The fraction of sp³-hybridized carbons (Fsp3) is 0.478. The lowest BCUT2D eigenvalue weighted by Crippen LogP contribution is -2.42. The Labute approximate surface area is 183 Å². The molecule has 0 spiro atoms. The molecule has 0 radical (unpaired) electrons. The first kappa shape index (κ1) is 22.7. The molecule has 1 saturated heterocycles. The molecule has 2 heterocycles. The van der Waals surface area contributed by atoms with Crippen molar-refractivity contribution in [2.24, 2.45) is 0 Å². The number of hydrogen-bond acceptors (Lipinski definition) is 6. The summed E-state index contributed by atoms with van der Waals surface area (Å²) in [7, 11) is 3.37. The Balaban J connectivity index is 1.51. The van der Waals surface area contributed by atoms with Gasteiger partial charge in [-0.3, -0.25) is 9.59 Å². The maximum absolute atomic E-state index is 12.8. The lowest BCUT2D eigenvalue weighted by molar-refractivity contribution is -0.133. The number of nitrogens with zero attached hydrogens (tertiary/aromatic N) is 4. The Hall–Kier alpha value is -3.00. The van der Waals surface area contributed by atoms with Crippen LogP contribution >= 0.6 is 0 Å². The molecule has 1 aliphatic rings. The smallest absolute Gasteiger partial charge is 0.254 e. The Morgan fingerprint density at radius 2 is 1.90 bits per heavy atom. The van der Waals surface area contributed by atoms with Crippen LogP contribution in [0.2, 0.25) is 0 Å².